The number of nitrogens with one attached hydrogen (secondary N) is 2. The third-order valence-corrected chi connectivity index (χ3v) is 5.74. The Morgan fingerprint density at radius 3 is 2.60 bits per heavy atom. The number of rotatable bonds is 5. The maximum atomic E-state index is 13.8. The lowest BCUT2D eigenvalue weighted by atomic mass is 10.1. The van der Waals surface area contributed by atoms with Crippen LogP contribution in [0.5, 0.6) is 0 Å². The minimum absolute atomic E-state index is 0.112. The lowest BCUT2D eigenvalue weighted by molar-refractivity contribution is -0.136. The second kappa shape index (κ2) is 8.22. The normalized spacial score (nSPS) is 12.0. The van der Waals surface area contributed by atoms with Crippen molar-refractivity contribution in [1.82, 2.24) is 39.5 Å². The fraction of sp³-hybridized carbons (Fsp3) is 0.261. The minimum atomic E-state index is -4.53. The van der Waals surface area contributed by atoms with Gasteiger partial charge in [0, 0.05) is 26.2 Å². The third-order valence-electron chi connectivity index (χ3n) is 5.74. The average molecular weight is 481 g/mol. The molecule has 4 aromatic heterocycles. The number of halogens is 3. The monoisotopic (exact) mass is 481 g/mol. The van der Waals surface area contributed by atoms with Gasteiger partial charge in [-0.1, -0.05) is 6.07 Å². The van der Waals surface area contributed by atoms with E-state index in [9.17, 15) is 13.2 Å². The van der Waals surface area contributed by atoms with E-state index in [4.69, 9.17) is 0 Å². The van der Waals surface area contributed by atoms with Crippen molar-refractivity contribution < 1.29 is 13.2 Å². The Bertz CT molecular complexity index is 1540. The minimum Gasteiger partial charge on any atom is -0.370 e. The zero-order valence-corrected chi connectivity index (χ0v) is 19.4. The van der Waals surface area contributed by atoms with Crippen LogP contribution in [0.4, 0.5) is 19.0 Å². The lowest BCUT2D eigenvalue weighted by Gasteiger charge is -2.11. The quantitative estimate of drug-likeness (QED) is 0.381. The molecule has 5 aromatic rings. The van der Waals surface area contributed by atoms with Gasteiger partial charge in [-0.05, 0) is 37.6 Å². The molecule has 0 aliphatic rings. The summed E-state index contributed by atoms with van der Waals surface area (Å²) in [6.07, 6.45) is -1.23. The molecule has 0 amide bonds. The second-order valence-corrected chi connectivity index (χ2v) is 8.19. The van der Waals surface area contributed by atoms with Gasteiger partial charge in [-0.25, -0.2) is 9.97 Å². The van der Waals surface area contributed by atoms with Gasteiger partial charge in [0.25, 0.3) is 0 Å². The van der Waals surface area contributed by atoms with E-state index in [-0.39, 0.29) is 22.4 Å². The largest absolute Gasteiger partial charge is 0.418 e. The van der Waals surface area contributed by atoms with Crippen molar-refractivity contribution >= 4 is 16.9 Å². The first-order valence-electron chi connectivity index (χ1n) is 10.9. The molecule has 9 nitrogen and oxygen atoms in total. The van der Waals surface area contributed by atoms with Crippen molar-refractivity contribution in [2.24, 2.45) is 14.1 Å². The van der Waals surface area contributed by atoms with Crippen LogP contribution in [-0.4, -0.2) is 46.0 Å². The fourth-order valence-corrected chi connectivity index (χ4v) is 4.19. The topological polar surface area (TPSA) is 102 Å². The Kier molecular flexibility index (Phi) is 5.30. The molecule has 0 fully saturated rings. The van der Waals surface area contributed by atoms with Crippen LogP contribution in [-0.2, 0) is 20.3 Å². The molecular formula is C23H22F3N9. The van der Waals surface area contributed by atoms with E-state index in [1.807, 2.05) is 27.1 Å². The predicted octanol–water partition coefficient (Wildman–Crippen LogP) is 4.58. The van der Waals surface area contributed by atoms with E-state index in [0.29, 0.717) is 23.9 Å². The highest BCUT2D eigenvalue weighted by Gasteiger charge is 2.36. The number of benzene rings is 1. The van der Waals surface area contributed by atoms with E-state index < -0.39 is 11.7 Å². The average Bonchev–Trinajstić information content (AvgIpc) is 3.50. The highest BCUT2D eigenvalue weighted by Crippen LogP contribution is 2.38. The molecule has 35 heavy (non-hydrogen) atoms. The third kappa shape index (κ3) is 3.90. The summed E-state index contributed by atoms with van der Waals surface area (Å²) in [5, 5.41) is 15.7. The number of fused-ring (bicyclic) bond motifs is 1. The van der Waals surface area contributed by atoms with Crippen LogP contribution in [0.15, 0.2) is 36.8 Å². The summed E-state index contributed by atoms with van der Waals surface area (Å²) < 4.78 is 44.8. The van der Waals surface area contributed by atoms with E-state index >= 15 is 0 Å². The SMILES string of the molecule is CCNc1cc(-c2c(-c3nncn3C)cnn2C)cc(-c2nc3c(C(F)(F)F)c(C)ccc3[nH]2)n1. The molecule has 2 N–H and O–H groups in total. The molecule has 180 valence electrons. The number of imidazole rings is 1. The zero-order chi connectivity index (χ0) is 24.9. The van der Waals surface area contributed by atoms with Gasteiger partial charge in [-0.2, -0.15) is 18.3 Å². The highest BCUT2D eigenvalue weighted by atomic mass is 19.4. The van der Waals surface area contributed by atoms with Crippen molar-refractivity contribution in [3.8, 4) is 34.2 Å². The summed E-state index contributed by atoms with van der Waals surface area (Å²) in [5.74, 6) is 1.42. The smallest absolute Gasteiger partial charge is 0.370 e. The van der Waals surface area contributed by atoms with Crippen LogP contribution >= 0.6 is 0 Å². The van der Waals surface area contributed by atoms with Gasteiger partial charge in [-0.3, -0.25) is 4.68 Å². The Morgan fingerprint density at radius 2 is 1.91 bits per heavy atom. The van der Waals surface area contributed by atoms with Gasteiger partial charge in [0.05, 0.1) is 28.5 Å². The maximum absolute atomic E-state index is 13.8. The molecule has 4 heterocycles. The molecule has 5 rings (SSSR count). The van der Waals surface area contributed by atoms with Gasteiger partial charge in [0.1, 0.15) is 23.4 Å². The number of aromatic nitrogens is 8. The number of aromatic amines is 1. The molecule has 1 aromatic carbocycles. The molecule has 0 radical (unpaired) electrons. The molecule has 0 unspecified atom stereocenters. The molecular weight excluding hydrogens is 459 g/mol. The number of anilines is 1. The van der Waals surface area contributed by atoms with Crippen LogP contribution in [0.2, 0.25) is 0 Å². The first kappa shape index (κ1) is 22.6. The van der Waals surface area contributed by atoms with Crippen LogP contribution in [0.1, 0.15) is 18.1 Å². The summed E-state index contributed by atoms with van der Waals surface area (Å²) >= 11 is 0. The number of aryl methyl sites for hydroxylation is 3. The fourth-order valence-electron chi connectivity index (χ4n) is 4.19. The van der Waals surface area contributed by atoms with Crippen LogP contribution < -0.4 is 5.32 Å². The molecule has 0 atom stereocenters. The zero-order valence-electron chi connectivity index (χ0n) is 19.4. The summed E-state index contributed by atoms with van der Waals surface area (Å²) in [7, 11) is 3.64. The Morgan fingerprint density at radius 1 is 1.11 bits per heavy atom. The van der Waals surface area contributed by atoms with E-state index in [2.05, 4.69) is 35.6 Å². The van der Waals surface area contributed by atoms with Crippen LogP contribution in [0, 0.1) is 6.92 Å². The van der Waals surface area contributed by atoms with Gasteiger partial charge >= 0.3 is 6.18 Å². The van der Waals surface area contributed by atoms with Gasteiger partial charge in [0.2, 0.25) is 0 Å². The number of H-pyrrole nitrogens is 1. The van der Waals surface area contributed by atoms with E-state index in [1.54, 1.807) is 33.9 Å². The molecule has 12 heteroatoms. The maximum Gasteiger partial charge on any atom is 0.418 e. The highest BCUT2D eigenvalue weighted by molar-refractivity contribution is 5.85. The summed E-state index contributed by atoms with van der Waals surface area (Å²) in [6.45, 7) is 3.97. The Balaban J connectivity index is 1.71. The number of hydrogen-bond acceptors (Lipinski definition) is 6. The summed E-state index contributed by atoms with van der Waals surface area (Å²) in [5.41, 5.74) is 2.17. The number of alkyl halides is 3. The summed E-state index contributed by atoms with van der Waals surface area (Å²) in [6, 6.07) is 6.66. The van der Waals surface area contributed by atoms with Crippen molar-refractivity contribution in [1.29, 1.82) is 0 Å². The van der Waals surface area contributed by atoms with Crippen molar-refractivity contribution in [2.45, 2.75) is 20.0 Å². The lowest BCUT2D eigenvalue weighted by Crippen LogP contribution is -2.08. The predicted molar refractivity (Wildman–Crippen MR) is 125 cm³/mol. The summed E-state index contributed by atoms with van der Waals surface area (Å²) in [4.78, 5) is 11.9. The van der Waals surface area contributed by atoms with Gasteiger partial charge < -0.3 is 14.9 Å². The van der Waals surface area contributed by atoms with Crippen LogP contribution in [0.25, 0.3) is 45.2 Å². The van der Waals surface area contributed by atoms with Crippen molar-refractivity contribution in [3.05, 3.63) is 47.9 Å². The van der Waals surface area contributed by atoms with Crippen LogP contribution in [0.3, 0.4) is 0 Å². The first-order chi connectivity index (χ1) is 16.7. The van der Waals surface area contributed by atoms with Crippen molar-refractivity contribution in [2.75, 3.05) is 11.9 Å². The molecule has 0 spiro atoms. The Labute approximate surface area is 198 Å². The van der Waals surface area contributed by atoms with Gasteiger partial charge in [-0.15, -0.1) is 10.2 Å². The second-order valence-electron chi connectivity index (χ2n) is 8.19. The molecule has 0 aliphatic carbocycles. The molecule has 0 bridgehead atoms. The number of hydrogen-bond donors (Lipinski definition) is 2. The molecule has 0 saturated carbocycles. The molecule has 0 aliphatic heterocycles. The van der Waals surface area contributed by atoms with E-state index in [0.717, 1.165) is 16.8 Å². The number of nitrogens with zero attached hydrogens (tertiary/aromatic N) is 7. The van der Waals surface area contributed by atoms with E-state index in [1.165, 1.54) is 13.0 Å². The first-order valence-corrected chi connectivity index (χ1v) is 10.9. The van der Waals surface area contributed by atoms with Crippen molar-refractivity contribution in [3.63, 3.8) is 0 Å². The Hall–Kier alpha value is -4.22. The number of pyridine rings is 1. The molecule has 0 saturated heterocycles. The standard InChI is InChI=1S/C23H22F3N9/c1-5-27-17-9-13(20-14(10-29-35(20)4)22-33-28-11-34(22)3)8-16(30-17)21-31-15-7-6-12(2)18(19(15)32-21)23(24,25)26/h6-11H,5H2,1-4H3,(H,27,30)(H,31,32). The van der Waals surface area contributed by atoms with Gasteiger partial charge in [0.15, 0.2) is 11.6 Å².